The predicted octanol–water partition coefficient (Wildman–Crippen LogP) is 1.57. The summed E-state index contributed by atoms with van der Waals surface area (Å²) in [4.78, 5) is 13.1. The van der Waals surface area contributed by atoms with Crippen molar-refractivity contribution in [3.05, 3.63) is 18.0 Å². The molecule has 6 nitrogen and oxygen atoms in total. The summed E-state index contributed by atoms with van der Waals surface area (Å²) in [6.07, 6.45) is 5.01. The van der Waals surface area contributed by atoms with E-state index in [0.29, 0.717) is 5.92 Å². The third-order valence-electron chi connectivity index (χ3n) is 3.46. The van der Waals surface area contributed by atoms with Crippen LogP contribution in [-0.4, -0.2) is 30.5 Å². The van der Waals surface area contributed by atoms with E-state index in [1.165, 1.54) is 6.20 Å². The highest BCUT2D eigenvalue weighted by Crippen LogP contribution is 2.25. The number of carboxylic acids is 1. The Morgan fingerprint density at radius 3 is 2.79 bits per heavy atom. The Morgan fingerprint density at radius 1 is 1.47 bits per heavy atom. The van der Waals surface area contributed by atoms with Crippen molar-refractivity contribution in [2.75, 3.05) is 0 Å². The van der Waals surface area contributed by atoms with Crippen molar-refractivity contribution in [3.63, 3.8) is 0 Å². The van der Waals surface area contributed by atoms with Gasteiger partial charge in [-0.15, -0.1) is 0 Å². The van der Waals surface area contributed by atoms with Gasteiger partial charge in [-0.25, -0.2) is 17.9 Å². The molecule has 1 saturated carbocycles. The average Bonchev–Trinajstić information content (AvgIpc) is 2.78. The minimum atomic E-state index is -3.64. The fourth-order valence-electron chi connectivity index (χ4n) is 2.48. The Kier molecular flexibility index (Phi) is 3.96. The standard InChI is InChI=1S/C12H18N2O4S/c1-8-3-2-4-9(5-8)14-19(17,18)10-6-11(12(15)16)13-7-10/h6-9,13-14H,2-5H2,1H3,(H,15,16). The topological polar surface area (TPSA) is 99.3 Å². The van der Waals surface area contributed by atoms with E-state index < -0.39 is 16.0 Å². The van der Waals surface area contributed by atoms with Crippen molar-refractivity contribution in [1.29, 1.82) is 0 Å². The zero-order chi connectivity index (χ0) is 14.0. The molecule has 0 amide bonds. The Hall–Kier alpha value is -1.34. The highest BCUT2D eigenvalue weighted by Gasteiger charge is 2.25. The van der Waals surface area contributed by atoms with Gasteiger partial charge in [-0.2, -0.15) is 0 Å². The van der Waals surface area contributed by atoms with E-state index >= 15 is 0 Å². The average molecular weight is 286 g/mol. The van der Waals surface area contributed by atoms with E-state index in [4.69, 9.17) is 5.11 Å². The smallest absolute Gasteiger partial charge is 0.352 e. The monoisotopic (exact) mass is 286 g/mol. The fourth-order valence-corrected chi connectivity index (χ4v) is 3.76. The number of hydrogen-bond acceptors (Lipinski definition) is 3. The van der Waals surface area contributed by atoms with E-state index in [1.54, 1.807) is 0 Å². The molecule has 1 aliphatic carbocycles. The van der Waals surface area contributed by atoms with E-state index in [1.807, 2.05) is 0 Å². The van der Waals surface area contributed by atoms with Gasteiger partial charge in [0.05, 0.1) is 0 Å². The van der Waals surface area contributed by atoms with Crippen LogP contribution in [0.2, 0.25) is 0 Å². The van der Waals surface area contributed by atoms with E-state index in [0.717, 1.165) is 31.7 Å². The van der Waals surface area contributed by atoms with E-state index in [9.17, 15) is 13.2 Å². The maximum absolute atomic E-state index is 12.1. The van der Waals surface area contributed by atoms with Gasteiger partial charge in [-0.1, -0.05) is 19.8 Å². The molecule has 1 fully saturated rings. The van der Waals surface area contributed by atoms with Crippen LogP contribution < -0.4 is 4.72 Å². The number of carbonyl (C=O) groups is 1. The highest BCUT2D eigenvalue weighted by molar-refractivity contribution is 7.89. The lowest BCUT2D eigenvalue weighted by atomic mass is 9.88. The summed E-state index contributed by atoms with van der Waals surface area (Å²) >= 11 is 0. The van der Waals surface area contributed by atoms with Gasteiger partial charge in [0.1, 0.15) is 10.6 Å². The first-order valence-electron chi connectivity index (χ1n) is 6.32. The molecule has 0 saturated heterocycles. The van der Waals surface area contributed by atoms with Crippen LogP contribution in [-0.2, 0) is 10.0 Å². The number of aromatic amines is 1. The number of nitrogens with one attached hydrogen (secondary N) is 2. The summed E-state index contributed by atoms with van der Waals surface area (Å²) in [6, 6.07) is 1.08. The first kappa shape index (κ1) is 14.1. The number of aromatic nitrogens is 1. The van der Waals surface area contributed by atoms with Gasteiger partial charge >= 0.3 is 5.97 Å². The molecule has 0 aliphatic heterocycles. The molecule has 1 aromatic rings. The van der Waals surface area contributed by atoms with Gasteiger partial charge in [0, 0.05) is 12.2 Å². The quantitative estimate of drug-likeness (QED) is 0.782. The third-order valence-corrected chi connectivity index (χ3v) is 4.96. The van der Waals surface area contributed by atoms with Crippen molar-refractivity contribution < 1.29 is 18.3 Å². The van der Waals surface area contributed by atoms with Crippen molar-refractivity contribution in [3.8, 4) is 0 Å². The SMILES string of the molecule is CC1CCCC(NS(=O)(=O)c2c[nH]c(C(=O)O)c2)C1. The minimum absolute atomic E-state index is 0.0249. The molecule has 0 aromatic carbocycles. The number of aromatic carboxylic acids is 1. The van der Waals surface area contributed by atoms with Crippen LogP contribution in [0.15, 0.2) is 17.2 Å². The number of sulfonamides is 1. The molecule has 2 atom stereocenters. The molecule has 2 rings (SSSR count). The number of carboxylic acid groups (broad SMARTS) is 1. The van der Waals surface area contributed by atoms with Crippen LogP contribution >= 0.6 is 0 Å². The first-order valence-corrected chi connectivity index (χ1v) is 7.81. The first-order chi connectivity index (χ1) is 8.88. The number of rotatable bonds is 4. The Bertz CT molecular complexity index is 564. The summed E-state index contributed by atoms with van der Waals surface area (Å²) in [7, 11) is -3.64. The minimum Gasteiger partial charge on any atom is -0.477 e. The Labute approximate surface area is 112 Å². The van der Waals surface area contributed by atoms with Gasteiger partial charge in [0.2, 0.25) is 10.0 Å². The van der Waals surface area contributed by atoms with Crippen molar-refractivity contribution in [1.82, 2.24) is 9.71 Å². The summed E-state index contributed by atoms with van der Waals surface area (Å²) in [5, 5.41) is 8.77. The van der Waals surface area contributed by atoms with Crippen molar-refractivity contribution in [2.45, 2.75) is 43.5 Å². The van der Waals surface area contributed by atoms with Crippen LogP contribution in [0.1, 0.15) is 43.1 Å². The third kappa shape index (κ3) is 3.36. The summed E-state index contributed by atoms with van der Waals surface area (Å²) in [6.45, 7) is 2.11. The van der Waals surface area contributed by atoms with Crippen LogP contribution in [0.25, 0.3) is 0 Å². The van der Waals surface area contributed by atoms with Gasteiger partial charge in [0.15, 0.2) is 0 Å². The zero-order valence-electron chi connectivity index (χ0n) is 10.7. The molecule has 106 valence electrons. The Balaban J connectivity index is 2.10. The van der Waals surface area contributed by atoms with Gasteiger partial charge in [-0.3, -0.25) is 0 Å². The second-order valence-corrected chi connectivity index (χ2v) is 6.86. The predicted molar refractivity (Wildman–Crippen MR) is 69.5 cm³/mol. The second kappa shape index (κ2) is 5.34. The van der Waals surface area contributed by atoms with Crippen LogP contribution in [0.3, 0.4) is 0 Å². The number of hydrogen-bond donors (Lipinski definition) is 3. The van der Waals surface area contributed by atoms with Crippen LogP contribution in [0.5, 0.6) is 0 Å². The molecule has 0 bridgehead atoms. The molecule has 1 heterocycles. The van der Waals surface area contributed by atoms with Gasteiger partial charge < -0.3 is 10.1 Å². The summed E-state index contributed by atoms with van der Waals surface area (Å²) in [5.74, 6) is -0.657. The van der Waals surface area contributed by atoms with Crippen molar-refractivity contribution in [2.24, 2.45) is 5.92 Å². The van der Waals surface area contributed by atoms with E-state index in [2.05, 4.69) is 16.6 Å². The van der Waals surface area contributed by atoms with Gasteiger partial charge in [-0.05, 0) is 24.8 Å². The molecule has 1 aromatic heterocycles. The highest BCUT2D eigenvalue weighted by atomic mass is 32.2. The number of H-pyrrole nitrogens is 1. The van der Waals surface area contributed by atoms with Crippen molar-refractivity contribution >= 4 is 16.0 Å². The van der Waals surface area contributed by atoms with Crippen LogP contribution in [0, 0.1) is 5.92 Å². The molecular weight excluding hydrogens is 268 g/mol. The second-order valence-electron chi connectivity index (χ2n) is 5.14. The molecule has 1 aliphatic rings. The molecule has 0 radical (unpaired) electrons. The lowest BCUT2D eigenvalue weighted by molar-refractivity contribution is 0.0691. The summed E-state index contributed by atoms with van der Waals surface area (Å²) in [5.41, 5.74) is -0.127. The Morgan fingerprint density at radius 2 is 2.21 bits per heavy atom. The maximum Gasteiger partial charge on any atom is 0.352 e. The lowest BCUT2D eigenvalue weighted by Crippen LogP contribution is -2.37. The fraction of sp³-hybridized carbons (Fsp3) is 0.583. The largest absolute Gasteiger partial charge is 0.477 e. The molecule has 19 heavy (non-hydrogen) atoms. The van der Waals surface area contributed by atoms with E-state index in [-0.39, 0.29) is 16.6 Å². The normalized spacial score (nSPS) is 24.3. The molecule has 0 spiro atoms. The van der Waals surface area contributed by atoms with Crippen LogP contribution in [0.4, 0.5) is 0 Å². The molecule has 3 N–H and O–H groups in total. The van der Waals surface area contributed by atoms with Gasteiger partial charge in [0.25, 0.3) is 0 Å². The molecular formula is C12H18N2O4S. The zero-order valence-corrected chi connectivity index (χ0v) is 11.5. The molecule has 7 heteroatoms. The maximum atomic E-state index is 12.1. The summed E-state index contributed by atoms with van der Waals surface area (Å²) < 4.78 is 26.9. The molecule has 2 unspecified atom stereocenters. The lowest BCUT2D eigenvalue weighted by Gasteiger charge is -2.27.